The van der Waals surface area contributed by atoms with Gasteiger partial charge in [0, 0.05) is 35.2 Å². The molecule has 0 saturated heterocycles. The van der Waals surface area contributed by atoms with E-state index in [-0.39, 0.29) is 42.0 Å². The summed E-state index contributed by atoms with van der Waals surface area (Å²) in [5.41, 5.74) is 5.69. The Hall–Kier alpha value is -4.07. The molecule has 2 amide bonds. The van der Waals surface area contributed by atoms with Crippen LogP contribution in [0.5, 0.6) is 0 Å². The number of H-pyrrole nitrogens is 1. The van der Waals surface area contributed by atoms with Crippen LogP contribution < -0.4 is 5.32 Å². The molecule has 2 aliphatic rings. The van der Waals surface area contributed by atoms with Crippen molar-refractivity contribution in [1.82, 2.24) is 9.88 Å². The molecule has 3 aromatic carbocycles. The van der Waals surface area contributed by atoms with E-state index in [0.717, 1.165) is 63.9 Å². The number of nitrogens with zero attached hydrogens (tertiary/aromatic N) is 1. The highest BCUT2D eigenvalue weighted by atomic mass is 19.4. The molecule has 2 fully saturated rings. The van der Waals surface area contributed by atoms with Gasteiger partial charge in [-0.1, -0.05) is 74.7 Å². The fourth-order valence-corrected chi connectivity index (χ4v) is 8.34. The molecule has 0 unspecified atom stereocenters. The van der Waals surface area contributed by atoms with Gasteiger partial charge in [0.2, 0.25) is 11.8 Å². The van der Waals surface area contributed by atoms with E-state index in [1.54, 1.807) is 4.90 Å². The number of rotatable bonds is 8. The molecule has 248 valence electrons. The number of aromatic amines is 1. The number of halogens is 3. The highest BCUT2D eigenvalue weighted by Gasteiger charge is 2.61. The van der Waals surface area contributed by atoms with Gasteiger partial charge in [-0.05, 0) is 98.2 Å². The predicted molar refractivity (Wildman–Crippen MR) is 180 cm³/mol. The van der Waals surface area contributed by atoms with Gasteiger partial charge in [0.05, 0.1) is 5.56 Å². The normalized spacial score (nSPS) is 19.9. The molecular formula is C39H44F3N3O2. The van der Waals surface area contributed by atoms with Crippen LogP contribution in [0, 0.1) is 39.0 Å². The number of hydrogen-bond acceptors (Lipinski definition) is 2. The minimum absolute atomic E-state index is 0.0473. The summed E-state index contributed by atoms with van der Waals surface area (Å²) in [6.45, 7) is 12.5. The fourth-order valence-electron chi connectivity index (χ4n) is 8.34. The van der Waals surface area contributed by atoms with Crippen molar-refractivity contribution in [2.24, 2.45) is 11.3 Å². The predicted octanol–water partition coefficient (Wildman–Crippen LogP) is 9.53. The largest absolute Gasteiger partial charge is 0.416 e. The molecule has 5 nitrogen and oxygen atoms in total. The van der Waals surface area contributed by atoms with E-state index in [1.165, 1.54) is 17.7 Å². The number of fused-ring (bicyclic) bond motifs is 1. The number of carbonyl (C=O) groups is 2. The van der Waals surface area contributed by atoms with Gasteiger partial charge in [0.25, 0.3) is 0 Å². The molecular weight excluding hydrogens is 599 g/mol. The molecule has 0 radical (unpaired) electrons. The van der Waals surface area contributed by atoms with Crippen LogP contribution in [0.25, 0.3) is 10.9 Å². The van der Waals surface area contributed by atoms with Crippen molar-refractivity contribution >= 4 is 28.4 Å². The highest BCUT2D eigenvalue weighted by Crippen LogP contribution is 2.67. The number of amides is 2. The maximum Gasteiger partial charge on any atom is 0.416 e. The lowest BCUT2D eigenvalue weighted by Gasteiger charge is -2.41. The minimum atomic E-state index is -4.46. The number of para-hydroxylation sites is 1. The third-order valence-corrected chi connectivity index (χ3v) is 10.9. The van der Waals surface area contributed by atoms with Crippen LogP contribution in [0.15, 0.2) is 60.7 Å². The second-order valence-electron chi connectivity index (χ2n) is 14.5. The molecule has 2 N–H and O–H groups in total. The summed E-state index contributed by atoms with van der Waals surface area (Å²) in [5, 5.41) is 4.36. The van der Waals surface area contributed by atoms with Gasteiger partial charge in [-0.25, -0.2) is 0 Å². The Morgan fingerprint density at radius 1 is 0.936 bits per heavy atom. The van der Waals surface area contributed by atoms with Gasteiger partial charge in [0.15, 0.2) is 0 Å². The van der Waals surface area contributed by atoms with Gasteiger partial charge < -0.3 is 15.2 Å². The molecule has 0 aliphatic heterocycles. The number of benzene rings is 3. The third-order valence-electron chi connectivity index (χ3n) is 10.9. The number of carbonyl (C=O) groups excluding carboxylic acids is 2. The number of alkyl halides is 3. The second-order valence-corrected chi connectivity index (χ2v) is 14.5. The van der Waals surface area contributed by atoms with Crippen LogP contribution in [-0.4, -0.2) is 27.2 Å². The molecule has 1 heterocycles. The molecule has 0 spiro atoms. The first-order chi connectivity index (χ1) is 22.1. The second kappa shape index (κ2) is 11.9. The Bertz CT molecular complexity index is 1810. The van der Waals surface area contributed by atoms with E-state index >= 15 is 0 Å². The highest BCUT2D eigenvalue weighted by molar-refractivity contribution is 6.02. The first-order valence-corrected chi connectivity index (χ1v) is 16.6. The lowest BCUT2D eigenvalue weighted by atomic mass is 9.91. The molecule has 8 heteroatoms. The summed E-state index contributed by atoms with van der Waals surface area (Å²) >= 11 is 0. The van der Waals surface area contributed by atoms with Crippen molar-refractivity contribution in [3.8, 4) is 0 Å². The molecule has 1 aromatic heterocycles. The monoisotopic (exact) mass is 643 g/mol. The standard InChI is InChI=1S/C39H44F3N3O2/c1-23-19-24(2)35(25(3)20-23)44-36(47)38(17-9-10-18-38)45(22-27-13-15-28(16-14-27)39(40,41)42)32(46)21-30-34(37(30,5)6)33-26(4)43-31-12-8-7-11-29(31)33/h7-8,11-16,19-20,30,34,43H,9-10,17-18,21-22H2,1-6H3,(H,44,47)/t30-,34-/m1/s1. The summed E-state index contributed by atoms with van der Waals surface area (Å²) in [5.74, 6) is -0.172. The number of nitrogens with one attached hydrogen (secondary N) is 2. The summed E-state index contributed by atoms with van der Waals surface area (Å²) in [6.07, 6.45) is -1.67. The van der Waals surface area contributed by atoms with Crippen LogP contribution in [-0.2, 0) is 22.3 Å². The van der Waals surface area contributed by atoms with Crippen molar-refractivity contribution in [1.29, 1.82) is 0 Å². The van der Waals surface area contributed by atoms with Crippen molar-refractivity contribution < 1.29 is 22.8 Å². The Balaban J connectivity index is 1.35. The minimum Gasteiger partial charge on any atom is -0.358 e. The molecule has 2 saturated carbocycles. The lowest BCUT2D eigenvalue weighted by molar-refractivity contribution is -0.146. The summed E-state index contributed by atoms with van der Waals surface area (Å²) in [4.78, 5) is 34.3. The average molecular weight is 644 g/mol. The molecule has 2 atom stereocenters. The van der Waals surface area contributed by atoms with Crippen LogP contribution in [0.1, 0.15) is 90.9 Å². The Kier molecular flexibility index (Phi) is 8.30. The first-order valence-electron chi connectivity index (χ1n) is 16.6. The van der Waals surface area contributed by atoms with Gasteiger partial charge in [0.1, 0.15) is 5.54 Å². The van der Waals surface area contributed by atoms with Crippen LogP contribution in [0.3, 0.4) is 0 Å². The van der Waals surface area contributed by atoms with E-state index in [4.69, 9.17) is 0 Å². The molecule has 0 bridgehead atoms. The van der Waals surface area contributed by atoms with E-state index in [2.05, 4.69) is 43.2 Å². The van der Waals surface area contributed by atoms with E-state index in [1.807, 2.05) is 45.0 Å². The van der Waals surface area contributed by atoms with E-state index in [9.17, 15) is 22.8 Å². The number of aromatic nitrogens is 1. The molecule has 4 aromatic rings. The topological polar surface area (TPSA) is 65.2 Å². The number of aryl methyl sites for hydroxylation is 4. The zero-order chi connectivity index (χ0) is 33.9. The van der Waals surface area contributed by atoms with Gasteiger partial charge >= 0.3 is 6.18 Å². The van der Waals surface area contributed by atoms with E-state index < -0.39 is 17.3 Å². The molecule has 2 aliphatic carbocycles. The summed E-state index contributed by atoms with van der Waals surface area (Å²) in [6, 6.07) is 17.2. The summed E-state index contributed by atoms with van der Waals surface area (Å²) in [7, 11) is 0. The number of hydrogen-bond donors (Lipinski definition) is 2. The van der Waals surface area contributed by atoms with Crippen molar-refractivity contribution in [2.45, 2.75) is 97.8 Å². The van der Waals surface area contributed by atoms with Crippen molar-refractivity contribution in [3.63, 3.8) is 0 Å². The Labute approximate surface area is 274 Å². The first kappa shape index (κ1) is 32.9. The van der Waals surface area contributed by atoms with Crippen molar-refractivity contribution in [3.05, 3.63) is 99.7 Å². The lowest BCUT2D eigenvalue weighted by Crippen LogP contribution is -2.57. The van der Waals surface area contributed by atoms with Crippen molar-refractivity contribution in [2.75, 3.05) is 5.32 Å². The Morgan fingerprint density at radius 2 is 1.55 bits per heavy atom. The maximum absolute atomic E-state index is 14.7. The zero-order valence-electron chi connectivity index (χ0n) is 28.1. The number of anilines is 1. The molecule has 47 heavy (non-hydrogen) atoms. The SMILES string of the molecule is Cc1cc(C)c(NC(=O)C2(N(Cc3ccc(C(F)(F)F)cc3)C(=O)C[C@@H]3[C@H](c4c(C)[nH]c5ccccc45)C3(C)C)CCCC2)c(C)c1. The third kappa shape index (κ3) is 5.96. The summed E-state index contributed by atoms with van der Waals surface area (Å²) < 4.78 is 40.2. The quantitative estimate of drug-likeness (QED) is 0.201. The fraction of sp³-hybridized carbons (Fsp3) is 0.436. The van der Waals surface area contributed by atoms with Crippen LogP contribution >= 0.6 is 0 Å². The van der Waals surface area contributed by atoms with E-state index in [0.29, 0.717) is 18.4 Å². The van der Waals surface area contributed by atoms with Crippen LogP contribution in [0.4, 0.5) is 18.9 Å². The van der Waals surface area contributed by atoms with Crippen LogP contribution in [0.2, 0.25) is 0 Å². The Morgan fingerprint density at radius 3 is 2.17 bits per heavy atom. The zero-order valence-corrected chi connectivity index (χ0v) is 28.1. The smallest absolute Gasteiger partial charge is 0.358 e. The maximum atomic E-state index is 14.7. The molecule has 6 rings (SSSR count). The van der Waals surface area contributed by atoms with Gasteiger partial charge in [-0.3, -0.25) is 9.59 Å². The van der Waals surface area contributed by atoms with Gasteiger partial charge in [-0.15, -0.1) is 0 Å². The van der Waals surface area contributed by atoms with Gasteiger partial charge in [-0.2, -0.15) is 13.2 Å². The average Bonchev–Trinajstić information content (AvgIpc) is 3.34.